The van der Waals surface area contributed by atoms with Crippen molar-refractivity contribution in [2.75, 3.05) is 13.2 Å². The van der Waals surface area contributed by atoms with Crippen LogP contribution in [0.3, 0.4) is 0 Å². The number of amides is 1. The van der Waals surface area contributed by atoms with Gasteiger partial charge in [-0.15, -0.1) is 0 Å². The van der Waals surface area contributed by atoms with Crippen molar-refractivity contribution >= 4 is 35.9 Å². The Morgan fingerprint density at radius 2 is 1.23 bits per heavy atom. The van der Waals surface area contributed by atoms with E-state index in [9.17, 15) is 33.9 Å². The Balaban J connectivity index is 1.42. The summed E-state index contributed by atoms with van der Waals surface area (Å²) in [6, 6.07) is 14.3. The van der Waals surface area contributed by atoms with E-state index in [1.54, 1.807) is 0 Å². The van der Waals surface area contributed by atoms with Crippen molar-refractivity contribution in [1.82, 2.24) is 5.32 Å². The molecule has 0 bridgehead atoms. The molecule has 14 nitrogen and oxygen atoms in total. The Morgan fingerprint density at radius 3 is 1.75 bits per heavy atom. The van der Waals surface area contributed by atoms with Gasteiger partial charge in [0, 0.05) is 33.6 Å². The van der Waals surface area contributed by atoms with E-state index in [0.29, 0.717) is 0 Å². The molecule has 1 amide bonds. The number of hydrogen-bond donors (Lipinski definition) is 2. The summed E-state index contributed by atoms with van der Waals surface area (Å²) < 4.78 is 32.9. The average Bonchev–Trinajstić information content (AvgIpc) is 3.34. The highest BCUT2D eigenvalue weighted by molar-refractivity contribution is 5.81. The van der Waals surface area contributed by atoms with Gasteiger partial charge in [-0.25, -0.2) is 9.59 Å². The molecule has 0 aromatic heterocycles. The van der Waals surface area contributed by atoms with E-state index >= 15 is 0 Å². The second-order valence-electron chi connectivity index (χ2n) is 11.5. The van der Waals surface area contributed by atoms with E-state index in [2.05, 4.69) is 5.32 Å². The van der Waals surface area contributed by atoms with Crippen LogP contribution in [0.2, 0.25) is 0 Å². The molecule has 1 aliphatic heterocycles. The van der Waals surface area contributed by atoms with Crippen LogP contribution in [0, 0.1) is 0 Å². The number of rotatable bonds is 13. The molecule has 0 spiro atoms. The van der Waals surface area contributed by atoms with Gasteiger partial charge in [0.15, 0.2) is 18.3 Å². The number of alkyl carbamates (subject to hydrolysis) is 1. The van der Waals surface area contributed by atoms with Gasteiger partial charge in [0.2, 0.25) is 0 Å². The van der Waals surface area contributed by atoms with Crippen molar-refractivity contribution in [3.05, 3.63) is 59.7 Å². The van der Waals surface area contributed by atoms with Crippen LogP contribution in [-0.2, 0) is 52.4 Å². The van der Waals surface area contributed by atoms with Gasteiger partial charge in [0.05, 0.1) is 6.10 Å². The molecule has 0 unspecified atom stereocenters. The molecule has 14 heteroatoms. The van der Waals surface area contributed by atoms with Gasteiger partial charge in [0.25, 0.3) is 0 Å². The molecule has 2 aromatic rings. The fourth-order valence-electron chi connectivity index (χ4n) is 6.11. The van der Waals surface area contributed by atoms with E-state index in [1.807, 2.05) is 48.5 Å². The van der Waals surface area contributed by atoms with Crippen LogP contribution >= 0.6 is 0 Å². The summed E-state index contributed by atoms with van der Waals surface area (Å²) in [7, 11) is 0. The summed E-state index contributed by atoms with van der Waals surface area (Å²) in [5, 5.41) is 12.3. The van der Waals surface area contributed by atoms with Crippen molar-refractivity contribution < 1.29 is 62.3 Å². The number of nitrogens with one attached hydrogen (secondary N) is 1. The number of fused-ring (bicyclic) bond motifs is 3. The summed E-state index contributed by atoms with van der Waals surface area (Å²) in [6.07, 6.45) is -6.82. The van der Waals surface area contributed by atoms with Crippen molar-refractivity contribution in [3.63, 3.8) is 0 Å². The van der Waals surface area contributed by atoms with Crippen LogP contribution in [0.1, 0.15) is 64.0 Å². The number of benzene rings is 2. The van der Waals surface area contributed by atoms with Gasteiger partial charge in [-0.05, 0) is 41.5 Å². The Hall–Kier alpha value is -4.98. The normalized spacial score (nSPS) is 21.9. The predicted molar refractivity (Wildman–Crippen MR) is 165 cm³/mol. The van der Waals surface area contributed by atoms with Crippen LogP contribution in [0.25, 0.3) is 11.1 Å². The minimum atomic E-state index is -1.34. The Kier molecular flexibility index (Phi) is 12.1. The molecular formula is C34H39NO13. The zero-order valence-corrected chi connectivity index (χ0v) is 27.0. The average molecular weight is 670 g/mol. The molecule has 48 heavy (non-hydrogen) atoms. The summed E-state index contributed by atoms with van der Waals surface area (Å²) in [5.41, 5.74) is 4.11. The highest BCUT2D eigenvalue weighted by atomic mass is 16.7. The van der Waals surface area contributed by atoms with Crippen molar-refractivity contribution in [2.24, 2.45) is 0 Å². The van der Waals surface area contributed by atoms with Crippen molar-refractivity contribution in [1.29, 1.82) is 0 Å². The minimum Gasteiger partial charge on any atom is -0.480 e. The Morgan fingerprint density at radius 1 is 0.708 bits per heavy atom. The second-order valence-corrected chi connectivity index (χ2v) is 11.5. The molecule has 2 aliphatic rings. The number of esters is 4. The van der Waals surface area contributed by atoms with Crippen LogP contribution in [0.4, 0.5) is 4.79 Å². The third kappa shape index (κ3) is 9.09. The molecule has 1 fully saturated rings. The molecule has 6 atom stereocenters. The number of carbonyl (C=O) groups is 6. The first kappa shape index (κ1) is 35.9. The lowest BCUT2D eigenvalue weighted by atomic mass is 9.91. The van der Waals surface area contributed by atoms with E-state index in [-0.39, 0.29) is 38.4 Å². The van der Waals surface area contributed by atoms with Gasteiger partial charge in [-0.3, -0.25) is 19.2 Å². The van der Waals surface area contributed by atoms with Gasteiger partial charge >= 0.3 is 35.9 Å². The Labute approximate surface area is 277 Å². The van der Waals surface area contributed by atoms with E-state index in [4.69, 9.17) is 28.4 Å². The molecule has 0 saturated carbocycles. The largest absolute Gasteiger partial charge is 0.480 e. The standard InChI is InChI=1S/C34H39NO13/c1-18(36)43-17-29-31(46-20(3)38)32(47-21(4)39)30(45-19(2)37)28(48-29)15-9-14-27(33(40)41)35-34(42)44-16-26-24-12-7-5-10-22(24)23-11-6-8-13-25(23)26/h5-8,10-13,26-32H,9,14-17H2,1-4H3,(H,35,42)(H,40,41)/t27-,28+,29+,30-,31+,32+/m0/s1. The smallest absolute Gasteiger partial charge is 0.407 e. The zero-order chi connectivity index (χ0) is 35.0. The number of carboxylic acids is 1. The predicted octanol–water partition coefficient (Wildman–Crippen LogP) is 3.27. The van der Waals surface area contributed by atoms with Crippen molar-refractivity contribution in [2.45, 2.75) is 89.4 Å². The summed E-state index contributed by atoms with van der Waals surface area (Å²) in [4.78, 5) is 72.5. The monoisotopic (exact) mass is 669 g/mol. The fraction of sp³-hybridized carbons (Fsp3) is 0.471. The van der Waals surface area contributed by atoms with Crippen LogP contribution < -0.4 is 5.32 Å². The van der Waals surface area contributed by atoms with Gasteiger partial charge < -0.3 is 38.8 Å². The molecule has 258 valence electrons. The zero-order valence-electron chi connectivity index (χ0n) is 27.0. The number of carbonyl (C=O) groups excluding carboxylic acids is 5. The van der Waals surface area contributed by atoms with E-state index in [1.165, 1.54) is 6.92 Å². The molecule has 1 saturated heterocycles. The number of hydrogen-bond acceptors (Lipinski definition) is 12. The molecule has 2 aromatic carbocycles. The first-order chi connectivity index (χ1) is 22.8. The lowest BCUT2D eigenvalue weighted by Crippen LogP contribution is -2.62. The fourth-order valence-corrected chi connectivity index (χ4v) is 6.11. The third-order valence-corrected chi connectivity index (χ3v) is 8.00. The maximum absolute atomic E-state index is 12.8. The van der Waals surface area contributed by atoms with Crippen LogP contribution in [0.15, 0.2) is 48.5 Å². The molecule has 1 heterocycles. The van der Waals surface area contributed by atoms with E-state index < -0.39 is 72.5 Å². The SMILES string of the molecule is CC(=O)OC[C@H]1O[C@H](CCC[C@H](NC(=O)OCC2c3ccccc3-c3ccccc32)C(=O)O)[C@H](OC(C)=O)[C@@H](OC(C)=O)[C@@H]1OC(C)=O. The highest BCUT2D eigenvalue weighted by Crippen LogP contribution is 2.44. The minimum absolute atomic E-state index is 0.00304. The van der Waals surface area contributed by atoms with Gasteiger partial charge in [0.1, 0.15) is 25.4 Å². The summed E-state index contributed by atoms with van der Waals surface area (Å²) in [5.74, 6) is -4.42. The molecule has 2 N–H and O–H groups in total. The third-order valence-electron chi connectivity index (χ3n) is 8.00. The molecular weight excluding hydrogens is 630 g/mol. The molecule has 1 aliphatic carbocycles. The highest BCUT2D eigenvalue weighted by Gasteiger charge is 2.51. The topological polar surface area (TPSA) is 190 Å². The summed E-state index contributed by atoms with van der Waals surface area (Å²) >= 11 is 0. The molecule has 0 radical (unpaired) electrons. The summed E-state index contributed by atoms with van der Waals surface area (Å²) in [6.45, 7) is 4.16. The van der Waals surface area contributed by atoms with Gasteiger partial charge in [-0.2, -0.15) is 0 Å². The van der Waals surface area contributed by atoms with Crippen LogP contribution in [-0.4, -0.2) is 90.8 Å². The Bertz CT molecular complexity index is 1480. The maximum Gasteiger partial charge on any atom is 0.407 e. The van der Waals surface area contributed by atoms with Gasteiger partial charge in [-0.1, -0.05) is 48.5 Å². The van der Waals surface area contributed by atoms with Crippen LogP contribution in [0.5, 0.6) is 0 Å². The lowest BCUT2D eigenvalue weighted by Gasteiger charge is -2.44. The quantitative estimate of drug-likeness (QED) is 0.234. The lowest BCUT2D eigenvalue weighted by molar-refractivity contribution is -0.253. The van der Waals surface area contributed by atoms with Crippen molar-refractivity contribution in [3.8, 4) is 11.1 Å². The maximum atomic E-state index is 12.8. The second kappa shape index (κ2) is 16.2. The number of aliphatic carboxylic acids is 1. The first-order valence-corrected chi connectivity index (χ1v) is 15.5. The first-order valence-electron chi connectivity index (χ1n) is 15.5. The molecule has 4 rings (SSSR count). The van der Waals surface area contributed by atoms with E-state index in [0.717, 1.165) is 43.0 Å². The number of ether oxygens (including phenoxy) is 6. The number of carboxylic acid groups (broad SMARTS) is 1.